The molecule has 2 aliphatic rings. The molecule has 0 spiro atoms. The maximum atomic E-state index is 13.0. The van der Waals surface area contributed by atoms with E-state index in [0.717, 1.165) is 4.88 Å². The van der Waals surface area contributed by atoms with Crippen LogP contribution in [0.4, 0.5) is 0 Å². The lowest BCUT2D eigenvalue weighted by molar-refractivity contribution is -0.156. The molecule has 2 aliphatic heterocycles. The fourth-order valence-corrected chi connectivity index (χ4v) is 5.08. The molecule has 6 nitrogen and oxygen atoms in total. The van der Waals surface area contributed by atoms with Crippen molar-refractivity contribution in [1.29, 1.82) is 0 Å². The van der Waals surface area contributed by atoms with Gasteiger partial charge >= 0.3 is 5.97 Å². The summed E-state index contributed by atoms with van der Waals surface area (Å²) >= 11 is 1.53. The van der Waals surface area contributed by atoms with Crippen LogP contribution in [0.25, 0.3) is 0 Å². The van der Waals surface area contributed by atoms with Crippen molar-refractivity contribution in [3.63, 3.8) is 0 Å². The van der Waals surface area contributed by atoms with Gasteiger partial charge < -0.3 is 4.74 Å². The van der Waals surface area contributed by atoms with Crippen LogP contribution in [0, 0.1) is 11.8 Å². The molecule has 0 saturated carbocycles. The highest BCUT2D eigenvalue weighted by molar-refractivity contribution is 7.10. The minimum Gasteiger partial charge on any atom is -0.465 e. The van der Waals surface area contributed by atoms with E-state index in [-0.39, 0.29) is 24.5 Å². The van der Waals surface area contributed by atoms with E-state index in [0.29, 0.717) is 19.4 Å². The number of esters is 1. The van der Waals surface area contributed by atoms with Gasteiger partial charge in [-0.1, -0.05) is 19.4 Å². The van der Waals surface area contributed by atoms with Crippen LogP contribution in [0.3, 0.4) is 0 Å². The monoisotopic (exact) mass is 364 g/mol. The van der Waals surface area contributed by atoms with Crippen molar-refractivity contribution >= 4 is 29.1 Å². The van der Waals surface area contributed by atoms with Gasteiger partial charge in [0.15, 0.2) is 0 Å². The number of imide groups is 1. The summed E-state index contributed by atoms with van der Waals surface area (Å²) in [6.07, 6.45) is 1.17. The Labute approximate surface area is 151 Å². The number of rotatable bonds is 6. The second-order valence-electron chi connectivity index (χ2n) is 6.50. The third-order valence-corrected chi connectivity index (χ3v) is 6.15. The maximum Gasteiger partial charge on any atom is 0.327 e. The molecule has 1 N–H and O–H groups in total. The number of amides is 2. The molecule has 3 rings (SSSR count). The Hall–Kier alpha value is -1.73. The molecule has 25 heavy (non-hydrogen) atoms. The Kier molecular flexibility index (Phi) is 4.97. The first-order valence-electron chi connectivity index (χ1n) is 8.85. The first-order chi connectivity index (χ1) is 12.0. The normalized spacial score (nSPS) is 31.5. The zero-order valence-corrected chi connectivity index (χ0v) is 15.6. The Morgan fingerprint density at radius 2 is 2.08 bits per heavy atom. The lowest BCUT2D eigenvalue weighted by Gasteiger charge is -2.32. The Morgan fingerprint density at radius 3 is 2.64 bits per heavy atom. The second kappa shape index (κ2) is 6.88. The smallest absolute Gasteiger partial charge is 0.327 e. The van der Waals surface area contributed by atoms with Gasteiger partial charge in [0.25, 0.3) is 0 Å². The summed E-state index contributed by atoms with van der Waals surface area (Å²) in [5.41, 5.74) is -1.14. The van der Waals surface area contributed by atoms with Gasteiger partial charge in [-0.25, -0.2) is 0 Å². The van der Waals surface area contributed by atoms with Gasteiger partial charge in [-0.2, -0.15) is 0 Å². The van der Waals surface area contributed by atoms with E-state index in [1.54, 1.807) is 13.8 Å². The molecule has 0 unspecified atom stereocenters. The number of likely N-dealkylation sites (tertiary alicyclic amines) is 1. The van der Waals surface area contributed by atoms with Crippen LogP contribution in [0.5, 0.6) is 0 Å². The fourth-order valence-electron chi connectivity index (χ4n) is 4.26. The van der Waals surface area contributed by atoms with E-state index in [9.17, 15) is 14.4 Å². The van der Waals surface area contributed by atoms with Crippen LogP contribution in [-0.4, -0.2) is 41.4 Å². The average molecular weight is 364 g/mol. The van der Waals surface area contributed by atoms with Crippen LogP contribution < -0.4 is 5.32 Å². The predicted octanol–water partition coefficient (Wildman–Crippen LogP) is 2.12. The molecule has 0 radical (unpaired) electrons. The van der Waals surface area contributed by atoms with Crippen molar-refractivity contribution in [2.45, 2.75) is 45.2 Å². The zero-order valence-electron chi connectivity index (χ0n) is 14.8. The topological polar surface area (TPSA) is 75.7 Å². The van der Waals surface area contributed by atoms with E-state index in [4.69, 9.17) is 4.74 Å². The van der Waals surface area contributed by atoms with Crippen molar-refractivity contribution in [2.75, 3.05) is 13.2 Å². The summed E-state index contributed by atoms with van der Waals surface area (Å²) in [7, 11) is 0. The standard InChI is InChI=1S/C18H24N2O4S/c1-4-9-18(17(23)24-6-3)13-12(15(21)20(5-2)16(13)22)14(19-18)11-8-7-10-25-11/h7-8,10,12-14,19H,4-6,9H2,1-3H3/t12-,13+,14+,18-/m0/s1. The quantitative estimate of drug-likeness (QED) is 0.618. The maximum absolute atomic E-state index is 13.0. The number of fused-ring (bicyclic) bond motifs is 1. The number of carbonyl (C=O) groups excluding carboxylic acids is 3. The number of ether oxygens (including phenoxy) is 1. The summed E-state index contributed by atoms with van der Waals surface area (Å²) in [6, 6.07) is 3.52. The number of carbonyl (C=O) groups is 3. The molecular formula is C18H24N2O4S. The van der Waals surface area contributed by atoms with E-state index >= 15 is 0 Å². The molecule has 2 saturated heterocycles. The Balaban J connectivity index is 2.11. The molecule has 0 bridgehead atoms. The van der Waals surface area contributed by atoms with Gasteiger partial charge in [0.2, 0.25) is 11.8 Å². The molecule has 0 aliphatic carbocycles. The molecule has 3 heterocycles. The Morgan fingerprint density at radius 1 is 1.32 bits per heavy atom. The summed E-state index contributed by atoms with van der Waals surface area (Å²) in [4.78, 5) is 41.1. The van der Waals surface area contributed by atoms with Crippen molar-refractivity contribution in [3.8, 4) is 0 Å². The molecule has 136 valence electrons. The second-order valence-corrected chi connectivity index (χ2v) is 7.48. The SMILES string of the molecule is CCC[C@]1(C(=O)OCC)N[C@H](c2cccs2)[C@H]2C(=O)N(CC)C(=O)[C@@H]21. The zero-order chi connectivity index (χ0) is 18.2. The highest BCUT2D eigenvalue weighted by atomic mass is 32.1. The first-order valence-corrected chi connectivity index (χ1v) is 9.73. The van der Waals surface area contributed by atoms with Crippen molar-refractivity contribution in [3.05, 3.63) is 22.4 Å². The van der Waals surface area contributed by atoms with Gasteiger partial charge in [0.05, 0.1) is 24.5 Å². The molecule has 2 amide bonds. The van der Waals surface area contributed by atoms with Gasteiger partial charge in [0.1, 0.15) is 5.54 Å². The molecular weight excluding hydrogens is 340 g/mol. The fraction of sp³-hybridized carbons (Fsp3) is 0.611. The molecule has 1 aromatic heterocycles. The Bertz CT molecular complexity index is 675. The van der Waals surface area contributed by atoms with Crippen LogP contribution in [0.1, 0.15) is 44.5 Å². The van der Waals surface area contributed by atoms with Gasteiger partial charge in [-0.15, -0.1) is 11.3 Å². The molecule has 1 aromatic rings. The molecule has 7 heteroatoms. The molecule has 2 fully saturated rings. The van der Waals surface area contributed by atoms with E-state index in [1.165, 1.54) is 16.2 Å². The minimum atomic E-state index is -1.14. The third kappa shape index (κ3) is 2.60. The van der Waals surface area contributed by atoms with Crippen molar-refractivity contribution in [1.82, 2.24) is 10.2 Å². The van der Waals surface area contributed by atoms with E-state index in [2.05, 4.69) is 5.32 Å². The van der Waals surface area contributed by atoms with Crippen LogP contribution >= 0.6 is 11.3 Å². The van der Waals surface area contributed by atoms with Crippen molar-refractivity contribution in [2.24, 2.45) is 11.8 Å². The van der Waals surface area contributed by atoms with Gasteiger partial charge in [0, 0.05) is 11.4 Å². The van der Waals surface area contributed by atoms with Crippen LogP contribution in [-0.2, 0) is 19.1 Å². The summed E-state index contributed by atoms with van der Waals surface area (Å²) in [5.74, 6) is -2.13. The largest absolute Gasteiger partial charge is 0.465 e. The molecule has 4 atom stereocenters. The number of thiophene rings is 1. The lowest BCUT2D eigenvalue weighted by Crippen LogP contribution is -2.56. The van der Waals surface area contributed by atoms with Gasteiger partial charge in [-0.05, 0) is 31.7 Å². The number of hydrogen-bond donors (Lipinski definition) is 1. The minimum absolute atomic E-state index is 0.189. The summed E-state index contributed by atoms with van der Waals surface area (Å²) < 4.78 is 5.33. The number of hydrogen-bond acceptors (Lipinski definition) is 6. The summed E-state index contributed by atoms with van der Waals surface area (Å²) in [6.45, 7) is 6.07. The first kappa shape index (κ1) is 18.1. The average Bonchev–Trinajstić information content (AvgIpc) is 3.26. The number of nitrogens with zero attached hydrogens (tertiary/aromatic N) is 1. The van der Waals surface area contributed by atoms with E-state index < -0.39 is 23.3 Å². The molecule has 0 aromatic carbocycles. The highest BCUT2D eigenvalue weighted by Gasteiger charge is 2.68. The van der Waals surface area contributed by atoms with Crippen LogP contribution in [0.2, 0.25) is 0 Å². The van der Waals surface area contributed by atoms with Crippen molar-refractivity contribution < 1.29 is 19.1 Å². The summed E-state index contributed by atoms with van der Waals surface area (Å²) in [5, 5.41) is 5.31. The van der Waals surface area contributed by atoms with Crippen LogP contribution in [0.15, 0.2) is 17.5 Å². The number of nitrogens with one attached hydrogen (secondary N) is 1. The predicted molar refractivity (Wildman–Crippen MR) is 93.8 cm³/mol. The van der Waals surface area contributed by atoms with Gasteiger partial charge in [-0.3, -0.25) is 24.6 Å². The van der Waals surface area contributed by atoms with E-state index in [1.807, 2.05) is 24.4 Å². The third-order valence-electron chi connectivity index (χ3n) is 5.20. The highest BCUT2D eigenvalue weighted by Crippen LogP contribution is 2.51. The lowest BCUT2D eigenvalue weighted by atomic mass is 9.77.